The predicted octanol–water partition coefficient (Wildman–Crippen LogP) is 4.83. The minimum absolute atomic E-state index is 0.0336. The van der Waals surface area contributed by atoms with Crippen LogP contribution in [0.2, 0.25) is 0 Å². The van der Waals surface area contributed by atoms with Crippen molar-refractivity contribution in [1.82, 2.24) is 0 Å². The number of aliphatic hydroxyl groups excluding tert-OH is 1. The van der Waals surface area contributed by atoms with Crippen molar-refractivity contribution in [2.75, 3.05) is 33.0 Å². The van der Waals surface area contributed by atoms with Crippen LogP contribution in [0.5, 0.6) is 5.75 Å². The number of aliphatic hydroxyl groups is 1. The summed E-state index contributed by atoms with van der Waals surface area (Å²) in [5.74, 6) is 0.721. The zero-order valence-corrected chi connectivity index (χ0v) is 19.0. The molecule has 0 aromatic heterocycles. The van der Waals surface area contributed by atoms with Crippen LogP contribution in [-0.2, 0) is 26.2 Å². The molecule has 0 bridgehead atoms. The van der Waals surface area contributed by atoms with Crippen molar-refractivity contribution in [2.24, 2.45) is 5.41 Å². The lowest BCUT2D eigenvalue weighted by Crippen LogP contribution is -2.25. The van der Waals surface area contributed by atoms with Gasteiger partial charge in [-0.2, -0.15) is 0 Å². The van der Waals surface area contributed by atoms with Crippen molar-refractivity contribution in [3.05, 3.63) is 29.3 Å². The second-order valence-electron chi connectivity index (χ2n) is 9.73. The fourth-order valence-corrected chi connectivity index (χ4v) is 4.09. The van der Waals surface area contributed by atoms with Gasteiger partial charge in [-0.05, 0) is 54.2 Å². The van der Waals surface area contributed by atoms with Gasteiger partial charge >= 0.3 is 0 Å². The van der Waals surface area contributed by atoms with Crippen LogP contribution >= 0.6 is 0 Å². The molecule has 1 aromatic carbocycles. The summed E-state index contributed by atoms with van der Waals surface area (Å²) in [4.78, 5) is 0. The normalized spacial score (nSPS) is 18.1. The molecular formula is C24H40O5. The van der Waals surface area contributed by atoms with E-state index >= 15 is 0 Å². The van der Waals surface area contributed by atoms with E-state index in [9.17, 15) is 5.11 Å². The molecule has 1 aromatic rings. The first-order valence-corrected chi connectivity index (χ1v) is 10.9. The molecule has 0 saturated carbocycles. The molecule has 1 unspecified atom stereocenters. The molecule has 1 atom stereocenters. The predicted molar refractivity (Wildman–Crippen MR) is 115 cm³/mol. The number of hydrogen-bond acceptors (Lipinski definition) is 5. The molecule has 2 rings (SSSR count). The third-order valence-electron chi connectivity index (χ3n) is 5.14. The Morgan fingerprint density at radius 1 is 1.03 bits per heavy atom. The highest BCUT2D eigenvalue weighted by Gasteiger charge is 2.27. The van der Waals surface area contributed by atoms with Gasteiger partial charge in [-0.3, -0.25) is 0 Å². The Bertz CT molecular complexity index is 600. The average molecular weight is 409 g/mol. The van der Waals surface area contributed by atoms with Crippen molar-refractivity contribution >= 4 is 0 Å². The topological polar surface area (TPSA) is 57.2 Å². The smallest absolute Gasteiger partial charge is 0.157 e. The van der Waals surface area contributed by atoms with Crippen molar-refractivity contribution in [3.8, 4) is 5.75 Å². The van der Waals surface area contributed by atoms with Crippen LogP contribution in [0.4, 0.5) is 0 Å². The van der Waals surface area contributed by atoms with E-state index in [1.165, 1.54) is 12.0 Å². The van der Waals surface area contributed by atoms with Crippen LogP contribution in [0.25, 0.3) is 0 Å². The maximum Gasteiger partial charge on any atom is 0.157 e. The van der Waals surface area contributed by atoms with Gasteiger partial charge in [-0.25, -0.2) is 0 Å². The summed E-state index contributed by atoms with van der Waals surface area (Å²) in [6.07, 6.45) is 4.25. The van der Waals surface area contributed by atoms with Crippen LogP contribution in [-0.4, -0.2) is 44.4 Å². The van der Waals surface area contributed by atoms with E-state index in [-0.39, 0.29) is 23.7 Å². The number of hydrogen-bond donors (Lipinski definition) is 1. The van der Waals surface area contributed by atoms with Gasteiger partial charge in [-0.1, -0.05) is 40.7 Å². The number of ether oxygens (including phenoxy) is 4. The Hall–Kier alpha value is -1.14. The van der Waals surface area contributed by atoms with Gasteiger partial charge in [0.25, 0.3) is 0 Å². The molecule has 1 aliphatic heterocycles. The van der Waals surface area contributed by atoms with Gasteiger partial charge in [0, 0.05) is 12.2 Å². The minimum Gasteiger partial charge on any atom is -0.491 e. The third-order valence-corrected chi connectivity index (χ3v) is 5.14. The molecule has 1 N–H and O–H groups in total. The maximum atomic E-state index is 9.80. The maximum absolute atomic E-state index is 9.80. The van der Waals surface area contributed by atoms with Gasteiger partial charge in [-0.15, -0.1) is 0 Å². The molecule has 5 heteroatoms. The highest BCUT2D eigenvalue weighted by atomic mass is 16.7. The van der Waals surface area contributed by atoms with E-state index in [4.69, 9.17) is 18.9 Å². The molecule has 1 saturated heterocycles. The van der Waals surface area contributed by atoms with E-state index in [0.29, 0.717) is 26.4 Å². The summed E-state index contributed by atoms with van der Waals surface area (Å²) in [6, 6.07) is 6.15. The molecule has 1 heterocycles. The first kappa shape index (κ1) is 24.1. The molecule has 0 amide bonds. The minimum atomic E-state index is -0.0724. The van der Waals surface area contributed by atoms with Gasteiger partial charge < -0.3 is 24.1 Å². The fourth-order valence-electron chi connectivity index (χ4n) is 4.09. The third kappa shape index (κ3) is 8.63. The Balaban J connectivity index is 1.74. The number of benzene rings is 1. The van der Waals surface area contributed by atoms with Gasteiger partial charge in [0.05, 0.1) is 26.4 Å². The first-order valence-electron chi connectivity index (χ1n) is 10.9. The zero-order valence-electron chi connectivity index (χ0n) is 19.0. The monoisotopic (exact) mass is 408 g/mol. The van der Waals surface area contributed by atoms with E-state index in [2.05, 4.69) is 46.8 Å². The molecule has 0 aliphatic carbocycles. The number of rotatable bonds is 11. The standard InChI is InChI=1S/C24H40O5/c1-23(2,3)18-24(4,5)20-9-10-21(19(16-20)17-25)27-14-12-26-13-15-29-22-8-6-7-11-28-22/h9-10,16,22,25H,6-8,11-15,17-18H2,1-5H3. The fraction of sp³-hybridized carbons (Fsp3) is 0.750. The van der Waals surface area contributed by atoms with Crippen molar-refractivity contribution < 1.29 is 24.1 Å². The molecular weight excluding hydrogens is 368 g/mol. The Morgan fingerprint density at radius 3 is 2.45 bits per heavy atom. The lowest BCUT2D eigenvalue weighted by molar-refractivity contribution is -0.169. The Morgan fingerprint density at radius 2 is 1.79 bits per heavy atom. The van der Waals surface area contributed by atoms with E-state index in [1.807, 2.05) is 6.07 Å². The molecule has 166 valence electrons. The summed E-state index contributed by atoms with van der Waals surface area (Å²) < 4.78 is 22.6. The van der Waals surface area contributed by atoms with Crippen LogP contribution in [0.3, 0.4) is 0 Å². The second-order valence-corrected chi connectivity index (χ2v) is 9.73. The van der Waals surface area contributed by atoms with Crippen LogP contribution < -0.4 is 4.74 Å². The largest absolute Gasteiger partial charge is 0.491 e. The van der Waals surface area contributed by atoms with Gasteiger partial charge in [0.1, 0.15) is 12.4 Å². The summed E-state index contributed by atoms with van der Waals surface area (Å²) in [6.45, 7) is 14.0. The second kappa shape index (κ2) is 11.3. The van der Waals surface area contributed by atoms with Crippen LogP contribution in [0, 0.1) is 5.41 Å². The molecule has 5 nitrogen and oxygen atoms in total. The quantitative estimate of drug-likeness (QED) is 0.532. The Kier molecular flexibility index (Phi) is 9.41. The summed E-state index contributed by atoms with van der Waals surface area (Å²) >= 11 is 0. The van der Waals surface area contributed by atoms with Crippen molar-refractivity contribution in [3.63, 3.8) is 0 Å². The molecule has 0 radical (unpaired) electrons. The zero-order chi connectivity index (χ0) is 21.3. The molecule has 0 spiro atoms. The average Bonchev–Trinajstić information content (AvgIpc) is 2.66. The SMILES string of the molecule is CC(C)(C)CC(C)(C)c1ccc(OCCOCCOC2CCCCO2)c(CO)c1. The highest BCUT2D eigenvalue weighted by molar-refractivity contribution is 5.39. The van der Waals surface area contributed by atoms with E-state index in [0.717, 1.165) is 37.2 Å². The molecule has 1 fully saturated rings. The first-order chi connectivity index (χ1) is 13.7. The molecule has 1 aliphatic rings. The lowest BCUT2D eigenvalue weighted by Gasteiger charge is -2.33. The Labute approximate surface area is 176 Å². The summed E-state index contributed by atoms with van der Waals surface area (Å²) in [5.41, 5.74) is 2.32. The van der Waals surface area contributed by atoms with Crippen molar-refractivity contribution in [1.29, 1.82) is 0 Å². The van der Waals surface area contributed by atoms with E-state index < -0.39 is 0 Å². The summed E-state index contributed by atoms with van der Waals surface area (Å²) in [5, 5.41) is 9.80. The molecule has 29 heavy (non-hydrogen) atoms. The van der Waals surface area contributed by atoms with Crippen LogP contribution in [0.15, 0.2) is 18.2 Å². The van der Waals surface area contributed by atoms with Crippen LogP contribution in [0.1, 0.15) is 71.4 Å². The van der Waals surface area contributed by atoms with Crippen molar-refractivity contribution in [2.45, 2.75) is 78.6 Å². The van der Waals surface area contributed by atoms with Gasteiger partial charge in [0.15, 0.2) is 6.29 Å². The van der Waals surface area contributed by atoms with Gasteiger partial charge in [0.2, 0.25) is 0 Å². The lowest BCUT2D eigenvalue weighted by atomic mass is 9.72. The summed E-state index contributed by atoms with van der Waals surface area (Å²) in [7, 11) is 0. The highest BCUT2D eigenvalue weighted by Crippen LogP contribution is 2.37. The van der Waals surface area contributed by atoms with E-state index in [1.54, 1.807) is 0 Å².